The number of anilines is 1. The quantitative estimate of drug-likeness (QED) is 0.805. The van der Waals surface area contributed by atoms with E-state index in [-0.39, 0.29) is 12.7 Å². The van der Waals surface area contributed by atoms with Gasteiger partial charge in [0.25, 0.3) is 0 Å². The van der Waals surface area contributed by atoms with Crippen LogP contribution in [-0.4, -0.2) is 60.9 Å². The SMILES string of the molecule is COc1cc(N2CCN(C(=O)Cc3ccc4c(c3)OCO4)CC2)nc(C)n1. The van der Waals surface area contributed by atoms with Crippen molar-refractivity contribution in [2.24, 2.45) is 0 Å². The average Bonchev–Trinajstić information content (AvgIpc) is 3.15. The molecule has 1 amide bonds. The summed E-state index contributed by atoms with van der Waals surface area (Å²) in [6, 6.07) is 7.48. The maximum absolute atomic E-state index is 12.7. The normalized spacial score (nSPS) is 15.8. The molecule has 8 heteroatoms. The van der Waals surface area contributed by atoms with Crippen LogP contribution in [0.15, 0.2) is 24.3 Å². The lowest BCUT2D eigenvalue weighted by Gasteiger charge is -2.35. The summed E-state index contributed by atoms with van der Waals surface area (Å²) >= 11 is 0. The van der Waals surface area contributed by atoms with E-state index in [4.69, 9.17) is 14.2 Å². The largest absolute Gasteiger partial charge is 0.481 e. The number of fused-ring (bicyclic) bond motifs is 1. The Hall–Kier alpha value is -3.03. The van der Waals surface area contributed by atoms with Gasteiger partial charge >= 0.3 is 0 Å². The molecule has 3 heterocycles. The van der Waals surface area contributed by atoms with Crippen LogP contribution in [0.4, 0.5) is 5.82 Å². The summed E-state index contributed by atoms with van der Waals surface area (Å²) in [5, 5.41) is 0. The molecule has 0 radical (unpaired) electrons. The van der Waals surface area contributed by atoms with Crippen LogP contribution in [0.5, 0.6) is 17.4 Å². The van der Waals surface area contributed by atoms with Gasteiger partial charge in [-0.25, -0.2) is 4.98 Å². The number of aryl methyl sites for hydroxylation is 1. The predicted molar refractivity (Wildman–Crippen MR) is 98.4 cm³/mol. The summed E-state index contributed by atoms with van der Waals surface area (Å²) < 4.78 is 15.9. The number of methoxy groups -OCH3 is 1. The highest BCUT2D eigenvalue weighted by atomic mass is 16.7. The predicted octanol–water partition coefficient (Wildman–Crippen LogP) is 1.41. The Balaban J connectivity index is 1.36. The number of aromatic nitrogens is 2. The van der Waals surface area contributed by atoms with E-state index in [9.17, 15) is 4.79 Å². The molecule has 1 aromatic heterocycles. The molecule has 8 nitrogen and oxygen atoms in total. The average molecular weight is 370 g/mol. The summed E-state index contributed by atoms with van der Waals surface area (Å²) in [5.41, 5.74) is 0.933. The van der Waals surface area contributed by atoms with Crippen molar-refractivity contribution in [3.05, 3.63) is 35.7 Å². The zero-order valence-corrected chi connectivity index (χ0v) is 15.5. The number of benzene rings is 1. The first-order valence-electron chi connectivity index (χ1n) is 8.93. The van der Waals surface area contributed by atoms with Crippen LogP contribution in [0.1, 0.15) is 11.4 Å². The second-order valence-corrected chi connectivity index (χ2v) is 6.55. The summed E-state index contributed by atoms with van der Waals surface area (Å²) in [6.07, 6.45) is 0.358. The molecule has 1 fully saturated rings. The topological polar surface area (TPSA) is 77.0 Å². The number of rotatable bonds is 4. The maximum Gasteiger partial charge on any atom is 0.231 e. The van der Waals surface area contributed by atoms with Crippen molar-refractivity contribution in [1.82, 2.24) is 14.9 Å². The minimum Gasteiger partial charge on any atom is -0.481 e. The first-order valence-corrected chi connectivity index (χ1v) is 8.93. The maximum atomic E-state index is 12.7. The molecule has 1 saturated heterocycles. The molecular formula is C19H22N4O4. The summed E-state index contributed by atoms with van der Waals surface area (Å²) in [4.78, 5) is 25.4. The van der Waals surface area contributed by atoms with Gasteiger partial charge in [0.1, 0.15) is 11.6 Å². The van der Waals surface area contributed by atoms with E-state index in [0.29, 0.717) is 37.0 Å². The van der Waals surface area contributed by atoms with Crippen molar-refractivity contribution in [2.75, 3.05) is 45.0 Å². The van der Waals surface area contributed by atoms with Crippen molar-refractivity contribution >= 4 is 11.7 Å². The Bertz CT molecular complexity index is 850. The van der Waals surface area contributed by atoms with Crippen LogP contribution in [0.3, 0.4) is 0 Å². The van der Waals surface area contributed by atoms with Crippen molar-refractivity contribution in [1.29, 1.82) is 0 Å². The van der Waals surface area contributed by atoms with Gasteiger partial charge in [-0.3, -0.25) is 4.79 Å². The van der Waals surface area contributed by atoms with Gasteiger partial charge in [-0.1, -0.05) is 6.07 Å². The van der Waals surface area contributed by atoms with Crippen molar-refractivity contribution in [3.8, 4) is 17.4 Å². The molecule has 142 valence electrons. The molecular weight excluding hydrogens is 348 g/mol. The van der Waals surface area contributed by atoms with Crippen LogP contribution in [0.2, 0.25) is 0 Å². The lowest BCUT2D eigenvalue weighted by atomic mass is 10.1. The molecule has 4 rings (SSSR count). The van der Waals surface area contributed by atoms with Gasteiger partial charge in [0.2, 0.25) is 18.6 Å². The number of carbonyl (C=O) groups excluding carboxylic acids is 1. The van der Waals surface area contributed by atoms with E-state index >= 15 is 0 Å². The fraction of sp³-hybridized carbons (Fsp3) is 0.421. The van der Waals surface area contributed by atoms with Gasteiger partial charge < -0.3 is 24.0 Å². The molecule has 0 aliphatic carbocycles. The molecule has 2 aliphatic rings. The van der Waals surface area contributed by atoms with Gasteiger partial charge in [-0.05, 0) is 24.6 Å². The van der Waals surface area contributed by atoms with E-state index in [0.717, 1.165) is 30.2 Å². The minimum absolute atomic E-state index is 0.116. The van der Waals surface area contributed by atoms with E-state index < -0.39 is 0 Å². The lowest BCUT2D eigenvalue weighted by Crippen LogP contribution is -2.49. The summed E-state index contributed by atoms with van der Waals surface area (Å²) in [5.74, 6) is 3.62. The van der Waals surface area contributed by atoms with Crippen molar-refractivity contribution in [3.63, 3.8) is 0 Å². The highest BCUT2D eigenvalue weighted by molar-refractivity contribution is 5.79. The second-order valence-electron chi connectivity index (χ2n) is 6.55. The molecule has 0 bridgehead atoms. The van der Waals surface area contributed by atoms with Crippen molar-refractivity contribution < 1.29 is 19.0 Å². The third-order valence-corrected chi connectivity index (χ3v) is 4.76. The minimum atomic E-state index is 0.116. The van der Waals surface area contributed by atoms with Crippen LogP contribution in [0.25, 0.3) is 0 Å². The van der Waals surface area contributed by atoms with Gasteiger partial charge in [-0.15, -0.1) is 0 Å². The number of hydrogen-bond acceptors (Lipinski definition) is 7. The molecule has 0 saturated carbocycles. The molecule has 0 spiro atoms. The molecule has 0 N–H and O–H groups in total. The third-order valence-electron chi connectivity index (χ3n) is 4.76. The van der Waals surface area contributed by atoms with Gasteiger partial charge in [0, 0.05) is 32.2 Å². The third kappa shape index (κ3) is 3.74. The Morgan fingerprint density at radius 1 is 1.11 bits per heavy atom. The Morgan fingerprint density at radius 2 is 1.89 bits per heavy atom. The molecule has 1 aromatic carbocycles. The number of carbonyl (C=O) groups is 1. The number of ether oxygens (including phenoxy) is 3. The smallest absolute Gasteiger partial charge is 0.231 e. The Morgan fingerprint density at radius 3 is 2.67 bits per heavy atom. The van der Waals surface area contributed by atoms with E-state index in [2.05, 4.69) is 14.9 Å². The molecule has 0 atom stereocenters. The fourth-order valence-corrected chi connectivity index (χ4v) is 3.31. The molecule has 2 aliphatic heterocycles. The van der Waals surface area contributed by atoms with Crippen LogP contribution in [0, 0.1) is 6.92 Å². The van der Waals surface area contributed by atoms with E-state index in [1.807, 2.05) is 36.1 Å². The molecule has 0 unspecified atom stereocenters. The zero-order valence-electron chi connectivity index (χ0n) is 15.5. The second kappa shape index (κ2) is 7.30. The Kier molecular flexibility index (Phi) is 4.70. The summed E-state index contributed by atoms with van der Waals surface area (Å²) in [6.45, 7) is 4.86. The number of piperazine rings is 1. The number of hydrogen-bond donors (Lipinski definition) is 0. The first-order chi connectivity index (χ1) is 13.1. The van der Waals surface area contributed by atoms with Gasteiger partial charge in [-0.2, -0.15) is 4.98 Å². The summed E-state index contributed by atoms with van der Waals surface area (Å²) in [7, 11) is 1.60. The molecule has 2 aromatic rings. The van der Waals surface area contributed by atoms with Crippen LogP contribution < -0.4 is 19.1 Å². The van der Waals surface area contributed by atoms with Crippen LogP contribution >= 0.6 is 0 Å². The van der Waals surface area contributed by atoms with Crippen molar-refractivity contribution in [2.45, 2.75) is 13.3 Å². The Labute approximate surface area is 157 Å². The number of nitrogens with zero attached hydrogens (tertiary/aromatic N) is 4. The highest BCUT2D eigenvalue weighted by Gasteiger charge is 2.23. The lowest BCUT2D eigenvalue weighted by molar-refractivity contribution is -0.130. The zero-order chi connectivity index (χ0) is 18.8. The van der Waals surface area contributed by atoms with E-state index in [1.165, 1.54) is 0 Å². The highest BCUT2D eigenvalue weighted by Crippen LogP contribution is 2.32. The fourth-order valence-electron chi connectivity index (χ4n) is 3.31. The first kappa shape index (κ1) is 17.4. The van der Waals surface area contributed by atoms with E-state index in [1.54, 1.807) is 7.11 Å². The van der Waals surface area contributed by atoms with Crippen LogP contribution in [-0.2, 0) is 11.2 Å². The number of amides is 1. The monoisotopic (exact) mass is 370 g/mol. The van der Waals surface area contributed by atoms with Gasteiger partial charge in [0.05, 0.1) is 13.5 Å². The molecule has 27 heavy (non-hydrogen) atoms. The standard InChI is InChI=1S/C19H22N4O4/c1-13-20-17(11-18(21-13)25-2)22-5-7-23(8-6-22)19(24)10-14-3-4-15-16(9-14)27-12-26-15/h3-4,9,11H,5-8,10,12H2,1-2H3. The van der Waals surface area contributed by atoms with Gasteiger partial charge in [0.15, 0.2) is 11.5 Å².